The second-order valence-electron chi connectivity index (χ2n) is 5.95. The predicted octanol–water partition coefficient (Wildman–Crippen LogP) is 2.95. The van der Waals surface area contributed by atoms with E-state index in [1.54, 1.807) is 0 Å². The number of aromatic nitrogens is 1. The van der Waals surface area contributed by atoms with Gasteiger partial charge in [-0.3, -0.25) is 9.88 Å². The third-order valence-corrected chi connectivity index (χ3v) is 4.88. The van der Waals surface area contributed by atoms with Gasteiger partial charge in [0.15, 0.2) is 0 Å². The van der Waals surface area contributed by atoms with Crippen molar-refractivity contribution in [3.8, 4) is 0 Å². The average Bonchev–Trinajstić information content (AvgIpc) is 2.76. The number of nitrogens with zero attached hydrogens (tertiary/aromatic N) is 2. The first-order chi connectivity index (χ1) is 9.26. The smallest absolute Gasteiger partial charge is 0.0544 e. The summed E-state index contributed by atoms with van der Waals surface area (Å²) in [6, 6.07) is 4.22. The lowest BCUT2D eigenvalue weighted by Crippen LogP contribution is -2.49. The standard InChI is InChI=1S/C15H22BrN3/c16-13-4-5-14(17-10-13)11-19-9-3-8-18-15(12-19)6-1-2-7-15/h4-5,10,18H,1-3,6-9,11-12H2. The SMILES string of the molecule is Brc1ccc(CN2CCCNC3(CCCC3)C2)nc1. The van der Waals surface area contributed by atoms with Crippen LogP contribution in [0.1, 0.15) is 37.8 Å². The van der Waals surface area contributed by atoms with Crippen LogP contribution in [0.5, 0.6) is 0 Å². The van der Waals surface area contributed by atoms with Crippen LogP contribution < -0.4 is 5.32 Å². The Bertz CT molecular complexity index is 412. The Hall–Kier alpha value is -0.450. The lowest BCUT2D eigenvalue weighted by molar-refractivity contribution is 0.201. The highest BCUT2D eigenvalue weighted by Gasteiger charge is 2.36. The zero-order chi connectivity index (χ0) is 13.1. The van der Waals surface area contributed by atoms with Crippen LogP contribution in [0.2, 0.25) is 0 Å². The average molecular weight is 324 g/mol. The van der Waals surface area contributed by atoms with E-state index in [2.05, 4.69) is 43.3 Å². The molecule has 1 N–H and O–H groups in total. The molecule has 3 rings (SSSR count). The van der Waals surface area contributed by atoms with Gasteiger partial charge >= 0.3 is 0 Å². The molecule has 1 saturated heterocycles. The molecule has 104 valence electrons. The van der Waals surface area contributed by atoms with Gasteiger partial charge in [0.05, 0.1) is 5.69 Å². The predicted molar refractivity (Wildman–Crippen MR) is 81.0 cm³/mol. The Kier molecular flexibility index (Phi) is 4.20. The lowest BCUT2D eigenvalue weighted by Gasteiger charge is -2.33. The van der Waals surface area contributed by atoms with Gasteiger partial charge in [0.2, 0.25) is 0 Å². The van der Waals surface area contributed by atoms with E-state index in [0.29, 0.717) is 5.54 Å². The van der Waals surface area contributed by atoms with Crippen molar-refractivity contribution in [2.45, 2.75) is 44.2 Å². The highest BCUT2D eigenvalue weighted by molar-refractivity contribution is 9.10. The van der Waals surface area contributed by atoms with Gasteiger partial charge in [0, 0.05) is 29.3 Å². The molecule has 1 spiro atoms. The van der Waals surface area contributed by atoms with Gasteiger partial charge in [-0.05, 0) is 60.4 Å². The molecular formula is C15H22BrN3. The molecule has 2 heterocycles. The molecule has 1 aliphatic heterocycles. The van der Waals surface area contributed by atoms with Gasteiger partial charge in [0.25, 0.3) is 0 Å². The van der Waals surface area contributed by atoms with Crippen LogP contribution in [0.25, 0.3) is 0 Å². The summed E-state index contributed by atoms with van der Waals surface area (Å²) >= 11 is 3.45. The minimum Gasteiger partial charge on any atom is -0.310 e. The summed E-state index contributed by atoms with van der Waals surface area (Å²) in [7, 11) is 0. The molecule has 0 atom stereocenters. The molecule has 19 heavy (non-hydrogen) atoms. The molecule has 2 aliphatic rings. The maximum Gasteiger partial charge on any atom is 0.0544 e. The van der Waals surface area contributed by atoms with E-state index in [1.165, 1.54) is 57.4 Å². The Balaban J connectivity index is 1.67. The molecule has 2 fully saturated rings. The van der Waals surface area contributed by atoms with Crippen LogP contribution in [0, 0.1) is 0 Å². The van der Waals surface area contributed by atoms with Crippen LogP contribution in [-0.4, -0.2) is 35.1 Å². The number of halogens is 1. The summed E-state index contributed by atoms with van der Waals surface area (Å²) in [5.41, 5.74) is 1.57. The molecule has 1 aromatic heterocycles. The van der Waals surface area contributed by atoms with Gasteiger partial charge in [-0.1, -0.05) is 12.8 Å². The molecule has 1 saturated carbocycles. The number of hydrogen-bond acceptors (Lipinski definition) is 3. The normalized spacial score (nSPS) is 23.6. The topological polar surface area (TPSA) is 28.2 Å². The molecule has 4 heteroatoms. The first-order valence-electron chi connectivity index (χ1n) is 7.34. The van der Waals surface area contributed by atoms with Crippen LogP contribution >= 0.6 is 15.9 Å². The van der Waals surface area contributed by atoms with Gasteiger partial charge in [-0.25, -0.2) is 0 Å². The van der Waals surface area contributed by atoms with E-state index in [9.17, 15) is 0 Å². The quantitative estimate of drug-likeness (QED) is 0.907. The van der Waals surface area contributed by atoms with Crippen molar-refractivity contribution < 1.29 is 0 Å². The third-order valence-electron chi connectivity index (χ3n) is 4.41. The molecule has 0 aromatic carbocycles. The minimum absolute atomic E-state index is 0.395. The molecule has 3 nitrogen and oxygen atoms in total. The largest absolute Gasteiger partial charge is 0.310 e. The van der Waals surface area contributed by atoms with E-state index in [-0.39, 0.29) is 0 Å². The van der Waals surface area contributed by atoms with E-state index >= 15 is 0 Å². The lowest BCUT2D eigenvalue weighted by atomic mass is 9.97. The summed E-state index contributed by atoms with van der Waals surface area (Å²) in [6.07, 6.45) is 8.61. The zero-order valence-electron chi connectivity index (χ0n) is 11.4. The Labute approximate surface area is 123 Å². The van der Waals surface area contributed by atoms with Crippen LogP contribution in [0.3, 0.4) is 0 Å². The first-order valence-corrected chi connectivity index (χ1v) is 8.13. The van der Waals surface area contributed by atoms with Gasteiger partial charge < -0.3 is 5.32 Å². The Morgan fingerprint density at radius 1 is 1.26 bits per heavy atom. The first kappa shape index (κ1) is 13.5. The van der Waals surface area contributed by atoms with Crippen molar-refractivity contribution in [3.63, 3.8) is 0 Å². The fourth-order valence-electron chi connectivity index (χ4n) is 3.47. The van der Waals surface area contributed by atoms with E-state index in [1.807, 2.05) is 6.20 Å². The molecule has 0 unspecified atom stereocenters. The minimum atomic E-state index is 0.395. The monoisotopic (exact) mass is 323 g/mol. The van der Waals surface area contributed by atoms with Crippen molar-refractivity contribution in [1.82, 2.24) is 15.2 Å². The van der Waals surface area contributed by atoms with Crippen molar-refractivity contribution >= 4 is 15.9 Å². The molecule has 0 radical (unpaired) electrons. The molecular weight excluding hydrogens is 302 g/mol. The summed E-state index contributed by atoms with van der Waals surface area (Å²) in [6.45, 7) is 4.53. The van der Waals surface area contributed by atoms with Gasteiger partial charge in [0.1, 0.15) is 0 Å². The molecule has 0 bridgehead atoms. The van der Waals surface area contributed by atoms with Crippen molar-refractivity contribution in [1.29, 1.82) is 0 Å². The van der Waals surface area contributed by atoms with Crippen molar-refractivity contribution in [2.24, 2.45) is 0 Å². The molecule has 1 aromatic rings. The maximum absolute atomic E-state index is 4.51. The molecule has 0 amide bonds. The van der Waals surface area contributed by atoms with Crippen molar-refractivity contribution in [2.75, 3.05) is 19.6 Å². The molecule has 1 aliphatic carbocycles. The Morgan fingerprint density at radius 2 is 2.11 bits per heavy atom. The number of nitrogens with one attached hydrogen (secondary N) is 1. The summed E-state index contributed by atoms with van der Waals surface area (Å²) in [5, 5.41) is 3.81. The fourth-order valence-corrected chi connectivity index (χ4v) is 3.70. The van der Waals surface area contributed by atoms with E-state index in [0.717, 1.165) is 11.0 Å². The van der Waals surface area contributed by atoms with Gasteiger partial charge in [-0.2, -0.15) is 0 Å². The van der Waals surface area contributed by atoms with Crippen LogP contribution in [-0.2, 0) is 6.54 Å². The van der Waals surface area contributed by atoms with Crippen LogP contribution in [0.4, 0.5) is 0 Å². The zero-order valence-corrected chi connectivity index (χ0v) is 13.0. The van der Waals surface area contributed by atoms with Crippen LogP contribution in [0.15, 0.2) is 22.8 Å². The second-order valence-corrected chi connectivity index (χ2v) is 6.86. The number of rotatable bonds is 2. The highest BCUT2D eigenvalue weighted by Crippen LogP contribution is 2.32. The number of pyridine rings is 1. The van der Waals surface area contributed by atoms with Crippen molar-refractivity contribution in [3.05, 3.63) is 28.5 Å². The summed E-state index contributed by atoms with van der Waals surface area (Å²) in [4.78, 5) is 7.09. The third kappa shape index (κ3) is 3.36. The second kappa shape index (κ2) is 5.90. The van der Waals surface area contributed by atoms with E-state index in [4.69, 9.17) is 0 Å². The van der Waals surface area contributed by atoms with Gasteiger partial charge in [-0.15, -0.1) is 0 Å². The van der Waals surface area contributed by atoms with E-state index < -0.39 is 0 Å². The Morgan fingerprint density at radius 3 is 2.84 bits per heavy atom. The number of hydrogen-bond donors (Lipinski definition) is 1. The summed E-state index contributed by atoms with van der Waals surface area (Å²) < 4.78 is 1.06. The maximum atomic E-state index is 4.51. The highest BCUT2D eigenvalue weighted by atomic mass is 79.9. The fraction of sp³-hybridized carbons (Fsp3) is 0.667. The summed E-state index contributed by atoms with van der Waals surface area (Å²) in [5.74, 6) is 0.